The quantitative estimate of drug-likeness (QED) is 0.896. The number of amides is 1. The molecular formula is C15H19ClN4O. The van der Waals surface area contributed by atoms with Crippen LogP contribution < -0.4 is 10.6 Å². The summed E-state index contributed by atoms with van der Waals surface area (Å²) in [6.45, 7) is 6.57. The number of anilines is 1. The number of hydrogen-bond donors (Lipinski definition) is 2. The summed E-state index contributed by atoms with van der Waals surface area (Å²) in [5, 5.41) is 15.4. The molecule has 1 unspecified atom stereocenters. The lowest BCUT2D eigenvalue weighted by Gasteiger charge is -2.31. The smallest absolute Gasteiger partial charge is 0.243 e. The summed E-state index contributed by atoms with van der Waals surface area (Å²) in [5.41, 5.74) is 0.907. The summed E-state index contributed by atoms with van der Waals surface area (Å²) in [4.78, 5) is 16.5. The molecule has 5 nitrogen and oxygen atoms in total. The molecule has 0 saturated carbocycles. The molecule has 2 N–H and O–H groups in total. The molecule has 21 heavy (non-hydrogen) atoms. The number of aryl methyl sites for hydroxylation is 1. The maximum absolute atomic E-state index is 12.1. The average molecular weight is 307 g/mol. The average Bonchev–Trinajstić information content (AvgIpc) is 2.80. The molecule has 112 valence electrons. The zero-order valence-corrected chi connectivity index (χ0v) is 13.2. The Hall–Kier alpha value is -1.80. The molecule has 0 bridgehead atoms. The molecule has 1 aromatic heterocycles. The number of rotatable bonds is 4. The number of aromatic nitrogens is 1. The van der Waals surface area contributed by atoms with Crippen LogP contribution in [-0.4, -0.2) is 23.5 Å². The van der Waals surface area contributed by atoms with Gasteiger partial charge in [-0.15, -0.1) is 0 Å². The second-order valence-corrected chi connectivity index (χ2v) is 5.84. The van der Waals surface area contributed by atoms with E-state index in [1.807, 2.05) is 0 Å². The van der Waals surface area contributed by atoms with Crippen LogP contribution in [0.1, 0.15) is 37.9 Å². The van der Waals surface area contributed by atoms with Gasteiger partial charge in [0, 0.05) is 12.0 Å². The molecule has 6 heteroatoms. The summed E-state index contributed by atoms with van der Waals surface area (Å²) in [5.74, 6) is 0.431. The van der Waals surface area contributed by atoms with Crippen LogP contribution in [0.25, 0.3) is 0 Å². The number of nitriles is 1. The van der Waals surface area contributed by atoms with Gasteiger partial charge in [-0.1, -0.05) is 25.4 Å². The van der Waals surface area contributed by atoms with Crippen molar-refractivity contribution in [2.75, 3.05) is 11.9 Å². The van der Waals surface area contributed by atoms with Crippen LogP contribution in [0.4, 0.5) is 5.82 Å². The van der Waals surface area contributed by atoms with E-state index in [1.54, 1.807) is 13.0 Å². The minimum Gasteiger partial charge on any atom is -0.357 e. The van der Waals surface area contributed by atoms with E-state index in [2.05, 4.69) is 35.5 Å². The monoisotopic (exact) mass is 306 g/mol. The second-order valence-electron chi connectivity index (χ2n) is 5.43. The van der Waals surface area contributed by atoms with Crippen LogP contribution in [0.3, 0.4) is 0 Å². The SMILES string of the molecule is CCC1(CC)CNC(=O)C1Nc1nc(C)c(C#N)cc1Cl. The fourth-order valence-electron chi connectivity index (χ4n) is 2.80. The summed E-state index contributed by atoms with van der Waals surface area (Å²) < 4.78 is 0. The molecule has 1 aliphatic rings. The first-order valence-electron chi connectivity index (χ1n) is 7.09. The number of hydrogen-bond acceptors (Lipinski definition) is 4. The largest absolute Gasteiger partial charge is 0.357 e. The molecule has 1 saturated heterocycles. The molecule has 0 aromatic carbocycles. The minimum atomic E-state index is -0.357. The summed E-state index contributed by atoms with van der Waals surface area (Å²) in [6.07, 6.45) is 1.76. The van der Waals surface area contributed by atoms with Crippen molar-refractivity contribution in [3.05, 3.63) is 22.3 Å². The minimum absolute atomic E-state index is 0.0291. The number of halogens is 1. The highest BCUT2D eigenvalue weighted by Gasteiger charge is 2.46. The lowest BCUT2D eigenvalue weighted by Crippen LogP contribution is -2.41. The van der Waals surface area contributed by atoms with Gasteiger partial charge in [0.15, 0.2) is 0 Å². The maximum atomic E-state index is 12.1. The summed E-state index contributed by atoms with van der Waals surface area (Å²) >= 11 is 6.18. The Balaban J connectivity index is 2.35. The van der Waals surface area contributed by atoms with Gasteiger partial charge >= 0.3 is 0 Å². The second kappa shape index (κ2) is 5.90. The van der Waals surface area contributed by atoms with Crippen LogP contribution >= 0.6 is 11.6 Å². The Labute approximate surface area is 129 Å². The van der Waals surface area contributed by atoms with E-state index in [1.165, 1.54) is 0 Å². The van der Waals surface area contributed by atoms with Crippen molar-refractivity contribution in [3.8, 4) is 6.07 Å². The van der Waals surface area contributed by atoms with Gasteiger partial charge in [0.1, 0.15) is 17.9 Å². The van der Waals surface area contributed by atoms with Crippen LogP contribution in [0.5, 0.6) is 0 Å². The first kappa shape index (κ1) is 15.6. The van der Waals surface area contributed by atoms with E-state index >= 15 is 0 Å². The predicted octanol–water partition coefficient (Wildman–Crippen LogP) is 2.63. The number of carbonyl (C=O) groups excluding carboxylic acids is 1. The fourth-order valence-corrected chi connectivity index (χ4v) is 3.01. The lowest BCUT2D eigenvalue weighted by molar-refractivity contribution is -0.120. The number of pyridine rings is 1. The Bertz CT molecular complexity index is 604. The molecule has 2 rings (SSSR count). The number of nitrogens with zero attached hydrogens (tertiary/aromatic N) is 2. The molecule has 1 fully saturated rings. The maximum Gasteiger partial charge on any atom is 0.243 e. The van der Waals surface area contributed by atoms with Crippen LogP contribution in [0.15, 0.2) is 6.07 Å². The van der Waals surface area contributed by atoms with Crippen molar-refractivity contribution in [3.63, 3.8) is 0 Å². The van der Waals surface area contributed by atoms with E-state index in [-0.39, 0.29) is 17.4 Å². The van der Waals surface area contributed by atoms with Crippen molar-refractivity contribution >= 4 is 23.3 Å². The first-order valence-corrected chi connectivity index (χ1v) is 7.46. The van der Waals surface area contributed by atoms with Crippen molar-refractivity contribution in [2.24, 2.45) is 5.41 Å². The van der Waals surface area contributed by atoms with Crippen LogP contribution in [0, 0.1) is 23.7 Å². The van der Waals surface area contributed by atoms with Gasteiger partial charge in [-0.25, -0.2) is 4.98 Å². The van der Waals surface area contributed by atoms with Gasteiger partial charge < -0.3 is 10.6 Å². The van der Waals surface area contributed by atoms with Gasteiger partial charge in [-0.2, -0.15) is 5.26 Å². The zero-order chi connectivity index (χ0) is 15.6. The third-order valence-corrected chi connectivity index (χ3v) is 4.75. The number of nitrogens with one attached hydrogen (secondary N) is 2. The highest BCUT2D eigenvalue weighted by Crippen LogP contribution is 2.36. The molecule has 1 aromatic rings. The Morgan fingerprint density at radius 1 is 1.57 bits per heavy atom. The number of carbonyl (C=O) groups is 1. The Morgan fingerprint density at radius 3 is 2.81 bits per heavy atom. The van der Waals surface area contributed by atoms with Crippen LogP contribution in [0.2, 0.25) is 5.02 Å². The predicted molar refractivity (Wildman–Crippen MR) is 82.1 cm³/mol. The third kappa shape index (κ3) is 2.68. The Kier molecular flexibility index (Phi) is 4.38. The van der Waals surface area contributed by atoms with E-state index in [0.717, 1.165) is 12.8 Å². The van der Waals surface area contributed by atoms with Crippen molar-refractivity contribution < 1.29 is 4.79 Å². The van der Waals surface area contributed by atoms with E-state index in [4.69, 9.17) is 16.9 Å². The van der Waals surface area contributed by atoms with Crippen molar-refractivity contribution in [1.29, 1.82) is 5.26 Å². The summed E-state index contributed by atoms with van der Waals surface area (Å²) in [7, 11) is 0. The van der Waals surface area contributed by atoms with Crippen molar-refractivity contribution in [2.45, 2.75) is 39.7 Å². The van der Waals surface area contributed by atoms with Gasteiger partial charge in [-0.3, -0.25) is 4.79 Å². The molecule has 1 aliphatic heterocycles. The van der Waals surface area contributed by atoms with Gasteiger partial charge in [0.25, 0.3) is 0 Å². The fraction of sp³-hybridized carbons (Fsp3) is 0.533. The standard InChI is InChI=1S/C15H19ClN4O/c1-4-15(5-2)8-18-14(21)12(15)20-13-11(16)6-10(7-17)9(3)19-13/h6,12H,4-5,8H2,1-3H3,(H,18,21)(H,19,20). The molecule has 0 aliphatic carbocycles. The molecule has 2 heterocycles. The highest BCUT2D eigenvalue weighted by atomic mass is 35.5. The van der Waals surface area contributed by atoms with Gasteiger partial charge in [-0.05, 0) is 25.8 Å². The zero-order valence-electron chi connectivity index (χ0n) is 12.5. The van der Waals surface area contributed by atoms with Crippen molar-refractivity contribution in [1.82, 2.24) is 10.3 Å². The van der Waals surface area contributed by atoms with Gasteiger partial charge in [0.05, 0.1) is 16.3 Å². The molecule has 1 atom stereocenters. The third-order valence-electron chi connectivity index (χ3n) is 4.47. The lowest BCUT2D eigenvalue weighted by atomic mass is 9.78. The van der Waals surface area contributed by atoms with E-state index in [0.29, 0.717) is 28.6 Å². The molecule has 1 amide bonds. The van der Waals surface area contributed by atoms with E-state index < -0.39 is 0 Å². The molecule has 0 radical (unpaired) electrons. The Morgan fingerprint density at radius 2 is 2.24 bits per heavy atom. The topological polar surface area (TPSA) is 77.8 Å². The van der Waals surface area contributed by atoms with E-state index in [9.17, 15) is 4.79 Å². The summed E-state index contributed by atoms with van der Waals surface area (Å²) in [6, 6.07) is 3.28. The first-order chi connectivity index (χ1) is 9.97. The van der Waals surface area contributed by atoms with Crippen LogP contribution in [-0.2, 0) is 4.79 Å². The normalized spacial score (nSPS) is 20.0. The molecule has 0 spiro atoms. The van der Waals surface area contributed by atoms with Gasteiger partial charge in [0.2, 0.25) is 5.91 Å². The highest BCUT2D eigenvalue weighted by molar-refractivity contribution is 6.33. The molecular weight excluding hydrogens is 288 g/mol.